The molecule has 1 aliphatic rings. The zero-order valence-electron chi connectivity index (χ0n) is 12.4. The standard InChI is InChI=1S/C17H26/c1-8-12-9-10-13-14(11-12)16(4,5)17(6,7)15(13,2)3/h9-11H,8H2,1-7H3. The average molecular weight is 230 g/mol. The van der Waals surface area contributed by atoms with Crippen molar-refractivity contribution in [1.29, 1.82) is 0 Å². The Labute approximate surface area is 106 Å². The zero-order chi connectivity index (χ0) is 13.1. The lowest BCUT2D eigenvalue weighted by Gasteiger charge is -2.44. The van der Waals surface area contributed by atoms with Gasteiger partial charge in [-0.2, -0.15) is 0 Å². The van der Waals surface area contributed by atoms with E-state index in [2.05, 4.69) is 66.7 Å². The largest absolute Gasteiger partial charge is 0.0613 e. The molecule has 0 bridgehead atoms. The predicted octanol–water partition coefficient (Wildman–Crippen LogP) is 4.84. The van der Waals surface area contributed by atoms with Crippen LogP contribution in [0.1, 0.15) is 65.2 Å². The summed E-state index contributed by atoms with van der Waals surface area (Å²) >= 11 is 0. The second-order valence-electron chi connectivity index (χ2n) is 7.11. The van der Waals surface area contributed by atoms with Gasteiger partial charge in [-0.3, -0.25) is 0 Å². The number of aryl methyl sites for hydroxylation is 1. The summed E-state index contributed by atoms with van der Waals surface area (Å²) in [6.45, 7) is 16.7. The first-order chi connectivity index (χ1) is 7.66. The second kappa shape index (κ2) is 3.37. The third-order valence-corrected chi connectivity index (χ3v) is 5.96. The van der Waals surface area contributed by atoms with Crippen molar-refractivity contribution < 1.29 is 0 Å². The van der Waals surface area contributed by atoms with Crippen LogP contribution in [0.15, 0.2) is 18.2 Å². The Balaban J connectivity index is 2.73. The molecule has 0 aromatic heterocycles. The Bertz CT molecular complexity index is 447. The van der Waals surface area contributed by atoms with E-state index in [1.54, 1.807) is 11.1 Å². The monoisotopic (exact) mass is 230 g/mol. The molecule has 0 spiro atoms. The molecule has 0 heterocycles. The molecule has 0 saturated heterocycles. The normalized spacial score (nSPS) is 23.5. The van der Waals surface area contributed by atoms with Gasteiger partial charge in [0.15, 0.2) is 0 Å². The maximum atomic E-state index is 2.44. The molecule has 0 aliphatic heterocycles. The highest BCUT2D eigenvalue weighted by molar-refractivity contribution is 5.50. The van der Waals surface area contributed by atoms with Crippen LogP contribution in [0.3, 0.4) is 0 Å². The van der Waals surface area contributed by atoms with E-state index < -0.39 is 0 Å². The number of hydrogen-bond acceptors (Lipinski definition) is 0. The first-order valence-corrected chi connectivity index (χ1v) is 6.80. The number of fused-ring (bicyclic) bond motifs is 1. The summed E-state index contributed by atoms with van der Waals surface area (Å²) in [7, 11) is 0. The second-order valence-corrected chi connectivity index (χ2v) is 7.11. The highest BCUT2D eigenvalue weighted by atomic mass is 14.6. The Morgan fingerprint density at radius 1 is 0.824 bits per heavy atom. The van der Waals surface area contributed by atoms with E-state index in [4.69, 9.17) is 0 Å². The molecule has 2 rings (SSSR count). The van der Waals surface area contributed by atoms with E-state index in [-0.39, 0.29) is 16.2 Å². The van der Waals surface area contributed by atoms with Gasteiger partial charge >= 0.3 is 0 Å². The molecule has 0 heteroatoms. The third kappa shape index (κ3) is 1.36. The Kier molecular flexibility index (Phi) is 2.51. The van der Waals surface area contributed by atoms with Crippen LogP contribution in [0.25, 0.3) is 0 Å². The van der Waals surface area contributed by atoms with Gasteiger partial charge in [0.2, 0.25) is 0 Å². The van der Waals surface area contributed by atoms with Gasteiger partial charge in [0, 0.05) is 0 Å². The summed E-state index contributed by atoms with van der Waals surface area (Å²) < 4.78 is 0. The van der Waals surface area contributed by atoms with Crippen molar-refractivity contribution in [3.8, 4) is 0 Å². The molecule has 0 saturated carbocycles. The summed E-state index contributed by atoms with van der Waals surface area (Å²) in [5.41, 5.74) is 5.35. The summed E-state index contributed by atoms with van der Waals surface area (Å²) in [5, 5.41) is 0. The molecule has 0 amide bonds. The lowest BCUT2D eigenvalue weighted by atomic mass is 9.59. The molecule has 1 aromatic carbocycles. The van der Waals surface area contributed by atoms with E-state index in [9.17, 15) is 0 Å². The molecule has 17 heavy (non-hydrogen) atoms. The Hall–Kier alpha value is -0.780. The van der Waals surface area contributed by atoms with Gasteiger partial charge in [-0.1, -0.05) is 66.7 Å². The molecule has 1 aromatic rings. The molecular weight excluding hydrogens is 204 g/mol. The van der Waals surface area contributed by atoms with E-state index in [1.165, 1.54) is 5.56 Å². The number of rotatable bonds is 1. The molecule has 0 N–H and O–H groups in total. The van der Waals surface area contributed by atoms with Gasteiger partial charge < -0.3 is 0 Å². The third-order valence-electron chi connectivity index (χ3n) is 5.96. The SMILES string of the molecule is CCc1ccc2c(c1)C(C)(C)C(C)(C)C2(C)C. The van der Waals surface area contributed by atoms with Crippen molar-refractivity contribution >= 4 is 0 Å². The fraction of sp³-hybridized carbons (Fsp3) is 0.647. The quantitative estimate of drug-likeness (QED) is 0.647. The van der Waals surface area contributed by atoms with Gasteiger partial charge in [0.1, 0.15) is 0 Å². The maximum absolute atomic E-state index is 2.44. The minimum atomic E-state index is 0.247. The first-order valence-electron chi connectivity index (χ1n) is 6.80. The van der Waals surface area contributed by atoms with Crippen molar-refractivity contribution in [2.75, 3.05) is 0 Å². The fourth-order valence-corrected chi connectivity index (χ4v) is 3.33. The minimum absolute atomic E-state index is 0.247. The predicted molar refractivity (Wildman–Crippen MR) is 75.7 cm³/mol. The van der Waals surface area contributed by atoms with Crippen LogP contribution in [0.4, 0.5) is 0 Å². The van der Waals surface area contributed by atoms with Gasteiger partial charge in [-0.15, -0.1) is 0 Å². The van der Waals surface area contributed by atoms with Crippen LogP contribution in [-0.4, -0.2) is 0 Å². The molecule has 1 aliphatic carbocycles. The molecule has 0 atom stereocenters. The first kappa shape index (κ1) is 12.7. The van der Waals surface area contributed by atoms with E-state index in [0.29, 0.717) is 0 Å². The van der Waals surface area contributed by atoms with Crippen LogP contribution >= 0.6 is 0 Å². The number of benzene rings is 1. The zero-order valence-corrected chi connectivity index (χ0v) is 12.4. The van der Waals surface area contributed by atoms with Crippen LogP contribution in [0, 0.1) is 5.41 Å². The fourth-order valence-electron chi connectivity index (χ4n) is 3.33. The molecule has 0 radical (unpaired) electrons. The van der Waals surface area contributed by atoms with Crippen LogP contribution < -0.4 is 0 Å². The van der Waals surface area contributed by atoms with Crippen molar-refractivity contribution in [2.24, 2.45) is 5.41 Å². The molecule has 0 unspecified atom stereocenters. The van der Waals surface area contributed by atoms with Gasteiger partial charge in [0.05, 0.1) is 0 Å². The Morgan fingerprint density at radius 2 is 1.35 bits per heavy atom. The Morgan fingerprint density at radius 3 is 1.88 bits per heavy atom. The van der Waals surface area contributed by atoms with Crippen molar-refractivity contribution in [3.05, 3.63) is 34.9 Å². The van der Waals surface area contributed by atoms with E-state index in [1.807, 2.05) is 0 Å². The van der Waals surface area contributed by atoms with Crippen molar-refractivity contribution in [3.63, 3.8) is 0 Å². The summed E-state index contributed by atoms with van der Waals surface area (Å²) in [5.74, 6) is 0. The topological polar surface area (TPSA) is 0 Å². The molecular formula is C17H26. The highest BCUT2D eigenvalue weighted by Gasteiger charge is 2.56. The lowest BCUT2D eigenvalue weighted by Crippen LogP contribution is -2.42. The van der Waals surface area contributed by atoms with Crippen molar-refractivity contribution in [2.45, 2.75) is 65.7 Å². The summed E-state index contributed by atoms with van der Waals surface area (Å²) in [4.78, 5) is 0. The summed E-state index contributed by atoms with van der Waals surface area (Å²) in [6, 6.07) is 7.11. The van der Waals surface area contributed by atoms with E-state index in [0.717, 1.165) is 6.42 Å². The summed E-state index contributed by atoms with van der Waals surface area (Å²) in [6.07, 6.45) is 1.13. The van der Waals surface area contributed by atoms with Crippen LogP contribution in [0.2, 0.25) is 0 Å². The van der Waals surface area contributed by atoms with Crippen molar-refractivity contribution in [1.82, 2.24) is 0 Å². The smallest absolute Gasteiger partial charge is 0.00411 e. The average Bonchev–Trinajstić information content (AvgIpc) is 2.36. The molecule has 0 nitrogen and oxygen atoms in total. The van der Waals surface area contributed by atoms with Crippen LogP contribution in [-0.2, 0) is 17.3 Å². The molecule has 0 fully saturated rings. The van der Waals surface area contributed by atoms with Gasteiger partial charge in [-0.25, -0.2) is 0 Å². The lowest BCUT2D eigenvalue weighted by molar-refractivity contribution is 0.125. The van der Waals surface area contributed by atoms with Gasteiger partial charge in [-0.05, 0) is 39.4 Å². The molecule has 94 valence electrons. The minimum Gasteiger partial charge on any atom is -0.0613 e. The van der Waals surface area contributed by atoms with Crippen LogP contribution in [0.5, 0.6) is 0 Å². The van der Waals surface area contributed by atoms with Gasteiger partial charge in [0.25, 0.3) is 0 Å². The number of hydrogen-bond donors (Lipinski definition) is 0. The highest BCUT2D eigenvalue weighted by Crippen LogP contribution is 2.61. The van der Waals surface area contributed by atoms with E-state index >= 15 is 0 Å². The maximum Gasteiger partial charge on any atom is -0.00411 e.